The average Bonchev–Trinajstić information content (AvgIpc) is 3.15. The fourth-order valence-electron chi connectivity index (χ4n) is 3.62. The largest absolute Gasteiger partial charge is 0.497 e. The van der Waals surface area contributed by atoms with Crippen LogP contribution >= 0.6 is 0 Å². The van der Waals surface area contributed by atoms with Crippen LogP contribution in [-0.2, 0) is 16.1 Å². The van der Waals surface area contributed by atoms with Crippen molar-refractivity contribution in [1.82, 2.24) is 10.2 Å². The third-order valence-electron chi connectivity index (χ3n) is 5.52. The number of ether oxygens (including phenoxy) is 2. The number of methoxy groups -OCH3 is 1. The van der Waals surface area contributed by atoms with E-state index >= 15 is 0 Å². The van der Waals surface area contributed by atoms with E-state index in [1.165, 1.54) is 0 Å². The molecule has 2 amide bonds. The van der Waals surface area contributed by atoms with Gasteiger partial charge in [-0.3, -0.25) is 9.69 Å². The molecule has 6 nitrogen and oxygen atoms in total. The third kappa shape index (κ3) is 4.70. The fraction of sp³-hybridized carbons (Fsp3) is 0.391. The number of likely N-dealkylation sites (tertiary alicyclic amines) is 1. The summed E-state index contributed by atoms with van der Waals surface area (Å²) in [7, 11) is 1.62. The summed E-state index contributed by atoms with van der Waals surface area (Å²) in [5, 5.41) is 3.05. The second-order valence-electron chi connectivity index (χ2n) is 7.54. The Morgan fingerprint density at radius 2 is 1.83 bits per heavy atom. The highest BCUT2D eigenvalue weighted by atomic mass is 16.6. The van der Waals surface area contributed by atoms with Gasteiger partial charge in [-0.25, -0.2) is 4.79 Å². The zero-order chi connectivity index (χ0) is 20.9. The van der Waals surface area contributed by atoms with E-state index in [-0.39, 0.29) is 18.6 Å². The molecule has 0 aromatic heterocycles. The van der Waals surface area contributed by atoms with E-state index in [0.29, 0.717) is 13.0 Å². The highest BCUT2D eigenvalue weighted by molar-refractivity contribution is 5.90. The molecule has 1 aliphatic rings. The van der Waals surface area contributed by atoms with Crippen molar-refractivity contribution in [3.63, 3.8) is 0 Å². The molecular formula is C23H28N2O4. The summed E-state index contributed by atoms with van der Waals surface area (Å²) in [5.41, 5.74) is 0.965. The molecular weight excluding hydrogens is 368 g/mol. The molecule has 154 valence electrons. The first-order valence-corrected chi connectivity index (χ1v) is 9.87. The van der Waals surface area contributed by atoms with E-state index in [1.54, 1.807) is 18.9 Å². The first-order chi connectivity index (χ1) is 13.9. The minimum absolute atomic E-state index is 0.171. The summed E-state index contributed by atoms with van der Waals surface area (Å²) in [6.07, 6.45) is 0.914. The maximum absolute atomic E-state index is 13.1. The van der Waals surface area contributed by atoms with Gasteiger partial charge >= 0.3 is 6.09 Å². The van der Waals surface area contributed by atoms with Gasteiger partial charge in [-0.05, 0) is 49.9 Å². The number of carbonyl (C=O) groups is 2. The van der Waals surface area contributed by atoms with Crippen molar-refractivity contribution < 1.29 is 19.1 Å². The predicted octanol–water partition coefficient (Wildman–Crippen LogP) is 4.06. The van der Waals surface area contributed by atoms with Crippen molar-refractivity contribution in [3.05, 3.63) is 65.7 Å². The van der Waals surface area contributed by atoms with Gasteiger partial charge in [0.05, 0.1) is 13.2 Å². The van der Waals surface area contributed by atoms with Crippen LogP contribution in [0, 0.1) is 0 Å². The normalized spacial score (nSPS) is 19.5. The lowest BCUT2D eigenvalue weighted by atomic mass is 9.96. The molecule has 1 heterocycles. The van der Waals surface area contributed by atoms with Crippen molar-refractivity contribution >= 4 is 12.0 Å². The Labute approximate surface area is 171 Å². The van der Waals surface area contributed by atoms with E-state index < -0.39 is 11.6 Å². The van der Waals surface area contributed by atoms with Gasteiger partial charge < -0.3 is 14.8 Å². The zero-order valence-corrected chi connectivity index (χ0v) is 17.2. The van der Waals surface area contributed by atoms with Gasteiger partial charge in [-0.2, -0.15) is 0 Å². The van der Waals surface area contributed by atoms with Crippen LogP contribution in [0.4, 0.5) is 4.79 Å². The molecule has 1 fully saturated rings. The van der Waals surface area contributed by atoms with Gasteiger partial charge in [0.15, 0.2) is 0 Å². The second-order valence-corrected chi connectivity index (χ2v) is 7.54. The van der Waals surface area contributed by atoms with Crippen LogP contribution in [0.3, 0.4) is 0 Å². The van der Waals surface area contributed by atoms with Gasteiger partial charge in [0.25, 0.3) is 0 Å². The van der Waals surface area contributed by atoms with Crippen molar-refractivity contribution in [2.24, 2.45) is 0 Å². The highest BCUT2D eigenvalue weighted by Crippen LogP contribution is 2.31. The molecule has 1 N–H and O–H groups in total. The summed E-state index contributed by atoms with van der Waals surface area (Å²) in [5.74, 6) is 0.595. The molecule has 3 rings (SSSR count). The number of nitrogens with zero attached hydrogens (tertiary/aromatic N) is 1. The van der Waals surface area contributed by atoms with Crippen LogP contribution in [0.2, 0.25) is 0 Å². The molecule has 0 bridgehead atoms. The van der Waals surface area contributed by atoms with Crippen molar-refractivity contribution in [2.75, 3.05) is 13.7 Å². The Bertz CT molecular complexity index is 838. The van der Waals surface area contributed by atoms with Crippen LogP contribution in [-0.4, -0.2) is 36.1 Å². The lowest BCUT2D eigenvalue weighted by molar-refractivity contribution is -0.131. The standard InChI is InChI=1S/C23H28N2O4/c1-17(19-10-12-20(28-3)13-11-19)24-21(26)23(2)14-7-15-25(23)22(27)29-16-18-8-5-4-6-9-18/h4-6,8-13,17H,7,14-16H2,1-3H3,(H,24,26). The summed E-state index contributed by atoms with van der Waals surface area (Å²) in [4.78, 5) is 27.3. The Morgan fingerprint density at radius 1 is 1.14 bits per heavy atom. The molecule has 0 saturated carbocycles. The van der Waals surface area contributed by atoms with E-state index in [4.69, 9.17) is 9.47 Å². The molecule has 2 atom stereocenters. The quantitative estimate of drug-likeness (QED) is 0.799. The Morgan fingerprint density at radius 3 is 2.48 bits per heavy atom. The Kier molecular flexibility index (Phi) is 6.42. The maximum Gasteiger partial charge on any atom is 0.410 e. The van der Waals surface area contributed by atoms with Gasteiger partial charge in [0.2, 0.25) is 5.91 Å². The van der Waals surface area contributed by atoms with Gasteiger partial charge in [-0.15, -0.1) is 0 Å². The monoisotopic (exact) mass is 396 g/mol. The van der Waals surface area contributed by atoms with Crippen LogP contribution in [0.15, 0.2) is 54.6 Å². The number of carbonyl (C=O) groups excluding carboxylic acids is 2. The van der Waals surface area contributed by atoms with Crippen molar-refractivity contribution in [2.45, 2.75) is 44.9 Å². The molecule has 2 aromatic carbocycles. The number of rotatable bonds is 6. The number of nitrogens with one attached hydrogen (secondary N) is 1. The molecule has 1 aliphatic heterocycles. The SMILES string of the molecule is COc1ccc(C(C)NC(=O)C2(C)CCCN2C(=O)OCc2ccccc2)cc1. The van der Waals surface area contributed by atoms with Gasteiger partial charge in [0.1, 0.15) is 17.9 Å². The Balaban J connectivity index is 1.63. The minimum Gasteiger partial charge on any atom is -0.497 e. The fourth-order valence-corrected chi connectivity index (χ4v) is 3.62. The van der Waals surface area contributed by atoms with E-state index in [1.807, 2.05) is 61.5 Å². The van der Waals surface area contributed by atoms with Crippen LogP contribution in [0.25, 0.3) is 0 Å². The van der Waals surface area contributed by atoms with Gasteiger partial charge in [-0.1, -0.05) is 42.5 Å². The summed E-state index contributed by atoms with van der Waals surface area (Å²) in [6, 6.07) is 16.9. The van der Waals surface area contributed by atoms with Crippen LogP contribution < -0.4 is 10.1 Å². The molecule has 6 heteroatoms. The maximum atomic E-state index is 13.1. The summed E-state index contributed by atoms with van der Waals surface area (Å²) >= 11 is 0. The van der Waals surface area contributed by atoms with Gasteiger partial charge in [0, 0.05) is 6.54 Å². The molecule has 0 radical (unpaired) electrons. The van der Waals surface area contributed by atoms with Crippen molar-refractivity contribution in [1.29, 1.82) is 0 Å². The molecule has 1 saturated heterocycles. The highest BCUT2D eigenvalue weighted by Gasteiger charge is 2.46. The lowest BCUT2D eigenvalue weighted by Gasteiger charge is -2.34. The van der Waals surface area contributed by atoms with Crippen LogP contribution in [0.1, 0.15) is 43.9 Å². The second kappa shape index (κ2) is 8.99. The molecule has 2 unspecified atom stereocenters. The molecule has 29 heavy (non-hydrogen) atoms. The summed E-state index contributed by atoms with van der Waals surface area (Å²) < 4.78 is 10.6. The van der Waals surface area contributed by atoms with E-state index in [2.05, 4.69) is 5.32 Å². The van der Waals surface area contributed by atoms with E-state index in [0.717, 1.165) is 23.3 Å². The van der Waals surface area contributed by atoms with E-state index in [9.17, 15) is 9.59 Å². The number of amides is 2. The lowest BCUT2D eigenvalue weighted by Crippen LogP contribution is -2.55. The predicted molar refractivity (Wildman–Crippen MR) is 111 cm³/mol. The minimum atomic E-state index is -0.922. The molecule has 0 spiro atoms. The topological polar surface area (TPSA) is 67.9 Å². The molecule has 0 aliphatic carbocycles. The smallest absolute Gasteiger partial charge is 0.410 e. The third-order valence-corrected chi connectivity index (χ3v) is 5.52. The zero-order valence-electron chi connectivity index (χ0n) is 17.2. The molecule has 2 aromatic rings. The summed E-state index contributed by atoms with van der Waals surface area (Å²) in [6.45, 7) is 4.43. The number of benzene rings is 2. The van der Waals surface area contributed by atoms with Crippen LogP contribution in [0.5, 0.6) is 5.75 Å². The average molecular weight is 396 g/mol. The number of hydrogen-bond donors (Lipinski definition) is 1. The first kappa shape index (κ1) is 20.7. The van der Waals surface area contributed by atoms with Crippen molar-refractivity contribution in [3.8, 4) is 5.75 Å². The number of hydrogen-bond acceptors (Lipinski definition) is 4. The first-order valence-electron chi connectivity index (χ1n) is 9.87. The Hall–Kier alpha value is -3.02.